The number of imidazole rings is 1. The SMILES string of the molecule is CCCOc1ccc2nc(Cc3ccc(N)cc3)[nH]c2c1. The van der Waals surface area contributed by atoms with E-state index in [1.165, 1.54) is 5.56 Å². The first-order valence-corrected chi connectivity index (χ1v) is 7.20. The highest BCUT2D eigenvalue weighted by atomic mass is 16.5. The highest BCUT2D eigenvalue weighted by Crippen LogP contribution is 2.20. The Balaban J connectivity index is 1.81. The van der Waals surface area contributed by atoms with Crippen LogP contribution in [0.3, 0.4) is 0 Å². The number of aromatic nitrogens is 2. The van der Waals surface area contributed by atoms with E-state index < -0.39 is 0 Å². The summed E-state index contributed by atoms with van der Waals surface area (Å²) in [5.41, 5.74) is 9.64. The molecule has 3 N–H and O–H groups in total. The molecule has 0 spiro atoms. The smallest absolute Gasteiger partial charge is 0.121 e. The summed E-state index contributed by atoms with van der Waals surface area (Å²) >= 11 is 0. The van der Waals surface area contributed by atoms with Gasteiger partial charge in [-0.15, -0.1) is 0 Å². The van der Waals surface area contributed by atoms with E-state index in [0.717, 1.165) is 47.7 Å². The standard InChI is InChI=1S/C17H19N3O/c1-2-9-21-14-7-8-15-16(11-14)20-17(19-15)10-12-3-5-13(18)6-4-12/h3-8,11H,2,9-10,18H2,1H3,(H,19,20). The Hall–Kier alpha value is -2.49. The van der Waals surface area contributed by atoms with Gasteiger partial charge in [-0.3, -0.25) is 0 Å². The summed E-state index contributed by atoms with van der Waals surface area (Å²) in [6, 6.07) is 13.8. The molecule has 0 saturated carbocycles. The van der Waals surface area contributed by atoms with E-state index in [1.807, 2.05) is 42.5 Å². The van der Waals surface area contributed by atoms with E-state index in [-0.39, 0.29) is 0 Å². The minimum Gasteiger partial charge on any atom is -0.494 e. The molecule has 0 aliphatic carbocycles. The molecular formula is C17H19N3O. The van der Waals surface area contributed by atoms with Gasteiger partial charge in [-0.25, -0.2) is 4.98 Å². The quantitative estimate of drug-likeness (QED) is 0.703. The highest BCUT2D eigenvalue weighted by Gasteiger charge is 2.05. The van der Waals surface area contributed by atoms with Crippen LogP contribution < -0.4 is 10.5 Å². The summed E-state index contributed by atoms with van der Waals surface area (Å²) in [5, 5.41) is 0. The molecule has 0 bridgehead atoms. The first-order chi connectivity index (χ1) is 10.2. The van der Waals surface area contributed by atoms with Crippen molar-refractivity contribution in [2.24, 2.45) is 0 Å². The normalized spacial score (nSPS) is 10.9. The van der Waals surface area contributed by atoms with Crippen molar-refractivity contribution in [2.45, 2.75) is 19.8 Å². The van der Waals surface area contributed by atoms with Crippen LogP contribution in [0.5, 0.6) is 5.75 Å². The number of ether oxygens (including phenoxy) is 1. The zero-order valence-electron chi connectivity index (χ0n) is 12.1. The molecule has 2 aromatic carbocycles. The van der Waals surface area contributed by atoms with E-state index in [2.05, 4.69) is 16.9 Å². The van der Waals surface area contributed by atoms with Crippen molar-refractivity contribution in [1.82, 2.24) is 9.97 Å². The summed E-state index contributed by atoms with van der Waals surface area (Å²) in [6.45, 7) is 2.83. The second-order valence-corrected chi connectivity index (χ2v) is 5.13. The largest absolute Gasteiger partial charge is 0.494 e. The highest BCUT2D eigenvalue weighted by molar-refractivity contribution is 5.76. The van der Waals surface area contributed by atoms with Crippen LogP contribution in [0.25, 0.3) is 11.0 Å². The predicted molar refractivity (Wildman–Crippen MR) is 85.5 cm³/mol. The average molecular weight is 281 g/mol. The maximum Gasteiger partial charge on any atom is 0.121 e. The van der Waals surface area contributed by atoms with Gasteiger partial charge in [0.2, 0.25) is 0 Å². The number of benzene rings is 2. The van der Waals surface area contributed by atoms with E-state index in [0.29, 0.717) is 0 Å². The third-order valence-electron chi connectivity index (χ3n) is 3.33. The van der Waals surface area contributed by atoms with Crippen LogP contribution in [-0.4, -0.2) is 16.6 Å². The number of nitrogen functional groups attached to an aromatic ring is 1. The van der Waals surface area contributed by atoms with Gasteiger partial charge in [0.05, 0.1) is 17.6 Å². The molecule has 0 fully saturated rings. The number of aromatic amines is 1. The predicted octanol–water partition coefficient (Wildman–Crippen LogP) is 3.52. The molecular weight excluding hydrogens is 262 g/mol. The fourth-order valence-corrected chi connectivity index (χ4v) is 2.26. The van der Waals surface area contributed by atoms with E-state index in [9.17, 15) is 0 Å². The second kappa shape index (κ2) is 5.87. The lowest BCUT2D eigenvalue weighted by Gasteiger charge is -2.03. The van der Waals surface area contributed by atoms with Gasteiger partial charge in [0.25, 0.3) is 0 Å². The Morgan fingerprint density at radius 2 is 1.95 bits per heavy atom. The molecule has 4 nitrogen and oxygen atoms in total. The zero-order chi connectivity index (χ0) is 14.7. The van der Waals surface area contributed by atoms with Crippen molar-refractivity contribution in [3.05, 3.63) is 53.9 Å². The van der Waals surface area contributed by atoms with Crippen molar-refractivity contribution in [1.29, 1.82) is 0 Å². The van der Waals surface area contributed by atoms with Crippen molar-refractivity contribution < 1.29 is 4.74 Å². The zero-order valence-corrected chi connectivity index (χ0v) is 12.1. The number of fused-ring (bicyclic) bond motifs is 1. The van der Waals surface area contributed by atoms with E-state index >= 15 is 0 Å². The van der Waals surface area contributed by atoms with E-state index in [4.69, 9.17) is 10.5 Å². The molecule has 3 aromatic rings. The number of hydrogen-bond acceptors (Lipinski definition) is 3. The molecule has 0 radical (unpaired) electrons. The van der Waals surface area contributed by atoms with Gasteiger partial charge < -0.3 is 15.5 Å². The molecule has 0 unspecified atom stereocenters. The summed E-state index contributed by atoms with van der Waals surface area (Å²) in [5.74, 6) is 1.83. The molecule has 3 rings (SSSR count). The molecule has 0 atom stereocenters. The molecule has 0 aliphatic heterocycles. The number of hydrogen-bond donors (Lipinski definition) is 2. The number of anilines is 1. The van der Waals surface area contributed by atoms with Crippen LogP contribution in [0.2, 0.25) is 0 Å². The topological polar surface area (TPSA) is 63.9 Å². The minimum atomic E-state index is 0.734. The maximum atomic E-state index is 5.70. The Labute approximate surface area is 124 Å². The van der Waals surface area contributed by atoms with Crippen molar-refractivity contribution in [3.8, 4) is 5.75 Å². The Morgan fingerprint density at radius 1 is 1.14 bits per heavy atom. The van der Waals surface area contributed by atoms with Gasteiger partial charge in [-0.05, 0) is 36.2 Å². The lowest BCUT2D eigenvalue weighted by molar-refractivity contribution is 0.318. The fourth-order valence-electron chi connectivity index (χ4n) is 2.26. The Morgan fingerprint density at radius 3 is 2.71 bits per heavy atom. The van der Waals surface area contributed by atoms with Gasteiger partial charge in [-0.1, -0.05) is 19.1 Å². The molecule has 108 valence electrons. The third-order valence-corrected chi connectivity index (χ3v) is 3.33. The van der Waals surface area contributed by atoms with Gasteiger partial charge in [0.1, 0.15) is 11.6 Å². The molecule has 0 aliphatic rings. The maximum absolute atomic E-state index is 5.70. The van der Waals surface area contributed by atoms with Crippen molar-refractivity contribution in [2.75, 3.05) is 12.3 Å². The average Bonchev–Trinajstić information content (AvgIpc) is 2.89. The first-order valence-electron chi connectivity index (χ1n) is 7.20. The van der Waals surface area contributed by atoms with Crippen LogP contribution in [0.1, 0.15) is 24.7 Å². The molecule has 0 amide bonds. The number of nitrogens with zero attached hydrogens (tertiary/aromatic N) is 1. The first kappa shape index (κ1) is 13.5. The van der Waals surface area contributed by atoms with Gasteiger partial charge in [0, 0.05) is 18.2 Å². The summed E-state index contributed by atoms with van der Waals surface area (Å²) in [6.07, 6.45) is 1.77. The lowest BCUT2D eigenvalue weighted by Crippen LogP contribution is -1.94. The van der Waals surface area contributed by atoms with Crippen LogP contribution >= 0.6 is 0 Å². The third kappa shape index (κ3) is 3.16. The minimum absolute atomic E-state index is 0.734. The van der Waals surface area contributed by atoms with Gasteiger partial charge in [0.15, 0.2) is 0 Å². The van der Waals surface area contributed by atoms with Crippen LogP contribution in [0, 0.1) is 0 Å². The van der Waals surface area contributed by atoms with Crippen LogP contribution in [0.4, 0.5) is 5.69 Å². The number of rotatable bonds is 5. The molecule has 21 heavy (non-hydrogen) atoms. The van der Waals surface area contributed by atoms with Crippen molar-refractivity contribution in [3.63, 3.8) is 0 Å². The molecule has 1 heterocycles. The summed E-state index contributed by atoms with van der Waals surface area (Å²) in [4.78, 5) is 7.96. The van der Waals surface area contributed by atoms with E-state index in [1.54, 1.807) is 0 Å². The fraction of sp³-hybridized carbons (Fsp3) is 0.235. The van der Waals surface area contributed by atoms with Gasteiger partial charge in [-0.2, -0.15) is 0 Å². The molecule has 4 heteroatoms. The Kier molecular flexibility index (Phi) is 3.77. The summed E-state index contributed by atoms with van der Waals surface area (Å²) < 4.78 is 5.64. The number of nitrogens with one attached hydrogen (secondary N) is 1. The van der Waals surface area contributed by atoms with Crippen molar-refractivity contribution >= 4 is 16.7 Å². The second-order valence-electron chi connectivity index (χ2n) is 5.13. The van der Waals surface area contributed by atoms with Crippen LogP contribution in [0.15, 0.2) is 42.5 Å². The van der Waals surface area contributed by atoms with Crippen LogP contribution in [-0.2, 0) is 6.42 Å². The van der Waals surface area contributed by atoms with Gasteiger partial charge >= 0.3 is 0 Å². The number of H-pyrrole nitrogens is 1. The monoisotopic (exact) mass is 281 g/mol. The Bertz CT molecular complexity index is 731. The lowest BCUT2D eigenvalue weighted by atomic mass is 10.1. The summed E-state index contributed by atoms with van der Waals surface area (Å²) in [7, 11) is 0. The number of nitrogens with two attached hydrogens (primary N) is 1. The molecule has 0 saturated heterocycles. The molecule has 1 aromatic heterocycles.